The molecule has 1 aromatic carbocycles. The molecule has 1 amide bonds. The van der Waals surface area contributed by atoms with Crippen molar-refractivity contribution < 1.29 is 13.9 Å². The zero-order valence-electron chi connectivity index (χ0n) is 10.1. The van der Waals surface area contributed by atoms with Crippen LogP contribution in [-0.4, -0.2) is 22.9 Å². The molecule has 1 aromatic heterocycles. The predicted molar refractivity (Wildman–Crippen MR) is 66.6 cm³/mol. The molecule has 0 radical (unpaired) electrons. The second-order valence-corrected chi connectivity index (χ2v) is 3.59. The first kappa shape index (κ1) is 12.7. The van der Waals surface area contributed by atoms with Crippen LogP contribution in [-0.2, 0) is 0 Å². The van der Waals surface area contributed by atoms with Crippen molar-refractivity contribution in [1.29, 1.82) is 0 Å². The fourth-order valence-electron chi connectivity index (χ4n) is 1.34. The Morgan fingerprint density at radius 2 is 2.05 bits per heavy atom. The van der Waals surface area contributed by atoms with Crippen molar-refractivity contribution in [3.63, 3.8) is 0 Å². The number of nitrogens with one attached hydrogen (secondary N) is 1. The first-order valence-electron chi connectivity index (χ1n) is 5.38. The van der Waals surface area contributed by atoms with Crippen LogP contribution < -0.4 is 15.8 Å². The molecule has 1 heterocycles. The molecule has 0 aliphatic carbocycles. The number of rotatable bonds is 4. The highest BCUT2D eigenvalue weighted by Crippen LogP contribution is 2.23. The van der Waals surface area contributed by atoms with Crippen LogP contribution in [0, 0.1) is 5.82 Å². The molecule has 0 saturated carbocycles. The Morgan fingerprint density at radius 3 is 2.63 bits per heavy atom. The molecule has 3 N–H and O–H groups in total. The van der Waals surface area contributed by atoms with Gasteiger partial charge in [0.05, 0.1) is 6.20 Å². The number of halogens is 1. The molecule has 0 spiro atoms. The fraction of sp³-hybridized carbons (Fsp3) is 0.0833. The number of ether oxygens (including phenoxy) is 1. The Hall–Kier alpha value is -2.70. The smallest absolute Gasteiger partial charge is 0.260 e. The molecule has 0 aliphatic rings. The summed E-state index contributed by atoms with van der Waals surface area (Å²) >= 11 is 0. The SMILES string of the molecule is CNc1ncc(F)c(Oc2ccc(C(N)=O)cc2)n1. The van der Waals surface area contributed by atoms with Gasteiger partial charge < -0.3 is 15.8 Å². The summed E-state index contributed by atoms with van der Waals surface area (Å²) < 4.78 is 18.7. The zero-order chi connectivity index (χ0) is 13.8. The van der Waals surface area contributed by atoms with E-state index in [1.165, 1.54) is 24.3 Å². The van der Waals surface area contributed by atoms with E-state index in [-0.39, 0.29) is 11.8 Å². The lowest BCUT2D eigenvalue weighted by Crippen LogP contribution is -2.10. The molecular formula is C12H11FN4O2. The van der Waals surface area contributed by atoms with Gasteiger partial charge in [-0.1, -0.05) is 0 Å². The largest absolute Gasteiger partial charge is 0.436 e. The Bertz CT molecular complexity index is 601. The third kappa shape index (κ3) is 2.95. The standard InChI is InChI=1S/C12H11FN4O2/c1-15-12-16-6-9(13)11(17-12)19-8-4-2-7(3-5-8)10(14)18/h2-6H,1H3,(H2,14,18)(H,15,16,17). The van der Waals surface area contributed by atoms with Crippen LogP contribution in [0.2, 0.25) is 0 Å². The van der Waals surface area contributed by atoms with Gasteiger partial charge in [-0.2, -0.15) is 9.37 Å². The molecule has 19 heavy (non-hydrogen) atoms. The van der Waals surface area contributed by atoms with Crippen LogP contribution >= 0.6 is 0 Å². The summed E-state index contributed by atoms with van der Waals surface area (Å²) in [5, 5.41) is 2.67. The van der Waals surface area contributed by atoms with Gasteiger partial charge in [0.25, 0.3) is 5.88 Å². The lowest BCUT2D eigenvalue weighted by atomic mass is 10.2. The van der Waals surface area contributed by atoms with Crippen LogP contribution in [0.5, 0.6) is 11.6 Å². The summed E-state index contributed by atoms with van der Waals surface area (Å²) in [6.45, 7) is 0. The van der Waals surface area contributed by atoms with Crippen LogP contribution in [0.15, 0.2) is 30.5 Å². The molecule has 0 unspecified atom stereocenters. The highest BCUT2D eigenvalue weighted by Gasteiger charge is 2.09. The maximum absolute atomic E-state index is 13.4. The van der Waals surface area contributed by atoms with Crippen molar-refractivity contribution in [1.82, 2.24) is 9.97 Å². The van der Waals surface area contributed by atoms with E-state index in [9.17, 15) is 9.18 Å². The molecular weight excluding hydrogens is 251 g/mol. The first-order chi connectivity index (χ1) is 9.10. The molecule has 0 aliphatic heterocycles. The monoisotopic (exact) mass is 262 g/mol. The highest BCUT2D eigenvalue weighted by molar-refractivity contribution is 5.92. The van der Waals surface area contributed by atoms with E-state index >= 15 is 0 Å². The molecule has 0 fully saturated rings. The number of benzene rings is 1. The maximum Gasteiger partial charge on any atom is 0.260 e. The van der Waals surface area contributed by atoms with Crippen LogP contribution in [0.25, 0.3) is 0 Å². The molecule has 0 atom stereocenters. The van der Waals surface area contributed by atoms with Crippen molar-refractivity contribution in [2.24, 2.45) is 5.73 Å². The van der Waals surface area contributed by atoms with Crippen LogP contribution in [0.1, 0.15) is 10.4 Å². The summed E-state index contributed by atoms with van der Waals surface area (Å²) in [6, 6.07) is 5.97. The van der Waals surface area contributed by atoms with E-state index in [0.29, 0.717) is 11.3 Å². The second-order valence-electron chi connectivity index (χ2n) is 3.59. The van der Waals surface area contributed by atoms with Gasteiger partial charge >= 0.3 is 0 Å². The van der Waals surface area contributed by atoms with E-state index in [2.05, 4.69) is 15.3 Å². The first-order valence-corrected chi connectivity index (χ1v) is 5.38. The third-order valence-electron chi connectivity index (χ3n) is 2.29. The van der Waals surface area contributed by atoms with E-state index in [1.807, 2.05) is 0 Å². The summed E-state index contributed by atoms with van der Waals surface area (Å²) in [4.78, 5) is 18.4. The minimum atomic E-state index is -0.682. The van der Waals surface area contributed by atoms with Gasteiger partial charge in [-0.15, -0.1) is 0 Å². The minimum Gasteiger partial charge on any atom is -0.436 e. The molecule has 98 valence electrons. The zero-order valence-corrected chi connectivity index (χ0v) is 10.1. The number of hydrogen-bond acceptors (Lipinski definition) is 5. The number of nitrogens with zero attached hydrogens (tertiary/aromatic N) is 2. The molecule has 2 rings (SSSR count). The molecule has 0 bridgehead atoms. The summed E-state index contributed by atoms with van der Waals surface area (Å²) in [5.41, 5.74) is 5.45. The summed E-state index contributed by atoms with van der Waals surface area (Å²) in [6.07, 6.45) is 1.01. The van der Waals surface area contributed by atoms with E-state index in [4.69, 9.17) is 10.5 Å². The number of anilines is 1. The Kier molecular flexibility index (Phi) is 3.56. The van der Waals surface area contributed by atoms with Gasteiger partial charge in [-0.25, -0.2) is 4.98 Å². The predicted octanol–water partition coefficient (Wildman–Crippen LogP) is 1.55. The van der Waals surface area contributed by atoms with Crippen LogP contribution in [0.4, 0.5) is 10.3 Å². The molecule has 7 heteroatoms. The Balaban J connectivity index is 2.23. The van der Waals surface area contributed by atoms with Crippen molar-refractivity contribution in [2.45, 2.75) is 0 Å². The van der Waals surface area contributed by atoms with Gasteiger partial charge in [0.2, 0.25) is 17.7 Å². The van der Waals surface area contributed by atoms with Crippen LogP contribution in [0.3, 0.4) is 0 Å². The van der Waals surface area contributed by atoms with Gasteiger partial charge in [0, 0.05) is 12.6 Å². The Morgan fingerprint density at radius 1 is 1.37 bits per heavy atom. The van der Waals surface area contributed by atoms with E-state index < -0.39 is 11.7 Å². The second kappa shape index (κ2) is 5.30. The number of amides is 1. The van der Waals surface area contributed by atoms with Gasteiger partial charge in [-0.05, 0) is 24.3 Å². The van der Waals surface area contributed by atoms with Gasteiger partial charge in [-0.3, -0.25) is 4.79 Å². The van der Waals surface area contributed by atoms with Crippen molar-refractivity contribution in [3.05, 3.63) is 41.8 Å². The fourth-order valence-corrected chi connectivity index (χ4v) is 1.34. The lowest BCUT2D eigenvalue weighted by molar-refractivity contribution is 0.100. The van der Waals surface area contributed by atoms with Gasteiger partial charge in [0.15, 0.2) is 0 Å². The number of hydrogen-bond donors (Lipinski definition) is 2. The summed E-state index contributed by atoms with van der Waals surface area (Å²) in [7, 11) is 1.61. The van der Waals surface area contributed by atoms with E-state index in [1.54, 1.807) is 7.05 Å². The highest BCUT2D eigenvalue weighted by atomic mass is 19.1. The minimum absolute atomic E-state index is 0.203. The molecule has 0 saturated heterocycles. The number of carbonyl (C=O) groups excluding carboxylic acids is 1. The topological polar surface area (TPSA) is 90.1 Å². The van der Waals surface area contributed by atoms with E-state index in [0.717, 1.165) is 6.20 Å². The third-order valence-corrected chi connectivity index (χ3v) is 2.29. The molecule has 2 aromatic rings. The number of aromatic nitrogens is 2. The van der Waals surface area contributed by atoms with Crippen molar-refractivity contribution in [2.75, 3.05) is 12.4 Å². The summed E-state index contributed by atoms with van der Waals surface area (Å²) in [5.74, 6) is -0.851. The average Bonchev–Trinajstić information content (AvgIpc) is 2.42. The number of primary amides is 1. The number of nitrogens with two attached hydrogens (primary N) is 1. The quantitative estimate of drug-likeness (QED) is 0.872. The Labute approximate surface area is 108 Å². The van der Waals surface area contributed by atoms with Crippen molar-refractivity contribution >= 4 is 11.9 Å². The average molecular weight is 262 g/mol. The lowest BCUT2D eigenvalue weighted by Gasteiger charge is -2.07. The maximum atomic E-state index is 13.4. The number of carbonyl (C=O) groups is 1. The van der Waals surface area contributed by atoms with Crippen molar-refractivity contribution in [3.8, 4) is 11.6 Å². The molecule has 6 nitrogen and oxygen atoms in total. The normalized spacial score (nSPS) is 10.0. The van der Waals surface area contributed by atoms with Gasteiger partial charge in [0.1, 0.15) is 5.75 Å².